The van der Waals surface area contributed by atoms with Crippen LogP contribution in [-0.2, 0) is 6.61 Å². The second-order valence-electron chi connectivity index (χ2n) is 6.08. The van der Waals surface area contributed by atoms with Crippen molar-refractivity contribution >= 4 is 50.8 Å². The molecule has 2 N–H and O–H groups in total. The summed E-state index contributed by atoms with van der Waals surface area (Å²) in [6.45, 7) is 0.162. The van der Waals surface area contributed by atoms with Gasteiger partial charge in [0, 0.05) is 15.6 Å². The lowest BCUT2D eigenvalue weighted by molar-refractivity contribution is 0.210. The Hall–Kier alpha value is -2.80. The maximum Gasteiger partial charge on any atom is 0.411 e. The summed E-state index contributed by atoms with van der Waals surface area (Å²) in [6, 6.07) is 19.0. The standard InChI is InChI=1S/C21H14Cl2N2O3S/c22-15-7-4-8-16(23)14(15)11-27-17-9-13(12-5-2-1-3-6-12)10-18-19(17)25-21(29-18)28-20(24)26/h1-10H,11H2,(H2,24,26). The van der Waals surface area contributed by atoms with Crippen molar-refractivity contribution in [2.24, 2.45) is 5.73 Å². The molecule has 4 rings (SSSR count). The van der Waals surface area contributed by atoms with Gasteiger partial charge in [-0.2, -0.15) is 4.98 Å². The van der Waals surface area contributed by atoms with Gasteiger partial charge in [0.05, 0.1) is 4.70 Å². The molecule has 0 spiro atoms. The van der Waals surface area contributed by atoms with Crippen LogP contribution in [0, 0.1) is 0 Å². The van der Waals surface area contributed by atoms with Crippen LogP contribution in [0.25, 0.3) is 21.3 Å². The molecule has 0 saturated heterocycles. The predicted octanol–water partition coefficient (Wildman–Crippen LogP) is 6.31. The highest BCUT2D eigenvalue weighted by Crippen LogP contribution is 2.38. The quantitative estimate of drug-likeness (QED) is 0.391. The van der Waals surface area contributed by atoms with Crippen molar-refractivity contribution in [2.45, 2.75) is 6.61 Å². The van der Waals surface area contributed by atoms with E-state index >= 15 is 0 Å². The van der Waals surface area contributed by atoms with Crippen LogP contribution in [0.3, 0.4) is 0 Å². The zero-order valence-corrected chi connectivity index (χ0v) is 17.2. The SMILES string of the molecule is NC(=O)Oc1nc2c(OCc3c(Cl)cccc3Cl)cc(-c3ccccc3)cc2s1. The lowest BCUT2D eigenvalue weighted by atomic mass is 10.1. The average molecular weight is 445 g/mol. The van der Waals surface area contributed by atoms with Gasteiger partial charge < -0.3 is 15.2 Å². The van der Waals surface area contributed by atoms with Crippen LogP contribution in [0.15, 0.2) is 60.7 Å². The fourth-order valence-electron chi connectivity index (χ4n) is 2.84. The van der Waals surface area contributed by atoms with Gasteiger partial charge in [0.15, 0.2) is 0 Å². The van der Waals surface area contributed by atoms with E-state index < -0.39 is 6.09 Å². The lowest BCUT2D eigenvalue weighted by Gasteiger charge is -2.11. The van der Waals surface area contributed by atoms with E-state index in [-0.39, 0.29) is 11.8 Å². The molecule has 5 nitrogen and oxygen atoms in total. The molecule has 0 radical (unpaired) electrons. The molecular formula is C21H14Cl2N2O3S. The molecule has 0 unspecified atom stereocenters. The van der Waals surface area contributed by atoms with Gasteiger partial charge in [0.1, 0.15) is 17.9 Å². The first kappa shape index (κ1) is 19.5. The van der Waals surface area contributed by atoms with Gasteiger partial charge in [-0.3, -0.25) is 0 Å². The third-order valence-electron chi connectivity index (χ3n) is 4.17. The largest absolute Gasteiger partial charge is 0.486 e. The second kappa shape index (κ2) is 8.29. The highest BCUT2D eigenvalue weighted by atomic mass is 35.5. The van der Waals surface area contributed by atoms with Crippen LogP contribution in [0.1, 0.15) is 5.56 Å². The number of rotatable bonds is 5. The van der Waals surface area contributed by atoms with E-state index in [1.54, 1.807) is 18.2 Å². The summed E-state index contributed by atoms with van der Waals surface area (Å²) in [5, 5.41) is 1.19. The first-order chi connectivity index (χ1) is 14.0. The molecule has 0 aliphatic carbocycles. The molecule has 0 aliphatic heterocycles. The Balaban J connectivity index is 1.77. The third kappa shape index (κ3) is 4.29. The average Bonchev–Trinajstić information content (AvgIpc) is 3.10. The van der Waals surface area contributed by atoms with Crippen molar-refractivity contribution in [2.75, 3.05) is 0 Å². The molecule has 3 aromatic carbocycles. The molecule has 1 amide bonds. The van der Waals surface area contributed by atoms with E-state index in [4.69, 9.17) is 38.4 Å². The van der Waals surface area contributed by atoms with Crippen LogP contribution >= 0.6 is 34.5 Å². The van der Waals surface area contributed by atoms with Crippen molar-refractivity contribution in [3.63, 3.8) is 0 Å². The normalized spacial score (nSPS) is 10.8. The minimum atomic E-state index is -0.919. The van der Waals surface area contributed by atoms with Crippen molar-refractivity contribution in [3.05, 3.63) is 76.3 Å². The van der Waals surface area contributed by atoms with Gasteiger partial charge in [-0.15, -0.1) is 0 Å². The fourth-order valence-corrected chi connectivity index (χ4v) is 4.22. The number of aromatic nitrogens is 1. The summed E-state index contributed by atoms with van der Waals surface area (Å²) in [5.41, 5.74) is 8.31. The molecule has 1 aromatic heterocycles. The van der Waals surface area contributed by atoms with Crippen LogP contribution < -0.4 is 15.2 Å². The molecule has 4 aromatic rings. The van der Waals surface area contributed by atoms with Gasteiger partial charge in [-0.05, 0) is 35.4 Å². The number of nitrogens with two attached hydrogens (primary N) is 1. The lowest BCUT2D eigenvalue weighted by Crippen LogP contribution is -2.15. The number of amides is 1. The summed E-state index contributed by atoms with van der Waals surface area (Å²) in [4.78, 5) is 15.5. The fraction of sp³-hybridized carbons (Fsp3) is 0.0476. The Morgan fingerprint density at radius 3 is 2.41 bits per heavy atom. The molecular weight excluding hydrogens is 431 g/mol. The smallest absolute Gasteiger partial charge is 0.411 e. The molecule has 0 saturated carbocycles. The van der Waals surface area contributed by atoms with Crippen LogP contribution in [-0.4, -0.2) is 11.1 Å². The third-order valence-corrected chi connectivity index (χ3v) is 5.76. The van der Waals surface area contributed by atoms with Crippen LogP contribution in [0.4, 0.5) is 4.79 Å². The van der Waals surface area contributed by atoms with Gasteiger partial charge in [-0.25, -0.2) is 4.79 Å². The molecule has 0 fully saturated rings. The van der Waals surface area contributed by atoms with Crippen molar-refractivity contribution in [3.8, 4) is 22.1 Å². The monoisotopic (exact) mass is 444 g/mol. The first-order valence-corrected chi connectivity index (χ1v) is 10.1. The number of benzene rings is 3. The summed E-state index contributed by atoms with van der Waals surface area (Å²) < 4.78 is 11.8. The maximum atomic E-state index is 11.1. The van der Waals surface area contributed by atoms with Gasteiger partial charge in [-0.1, -0.05) is 70.9 Å². The van der Waals surface area contributed by atoms with Crippen LogP contribution in [0.2, 0.25) is 10.0 Å². The highest BCUT2D eigenvalue weighted by Gasteiger charge is 2.16. The van der Waals surface area contributed by atoms with E-state index in [0.29, 0.717) is 26.9 Å². The number of hydrogen-bond donors (Lipinski definition) is 1. The zero-order chi connectivity index (χ0) is 20.4. The molecule has 29 heavy (non-hydrogen) atoms. The van der Waals surface area contributed by atoms with E-state index in [0.717, 1.165) is 15.8 Å². The number of hydrogen-bond acceptors (Lipinski definition) is 5. The minimum absolute atomic E-state index is 0.151. The Morgan fingerprint density at radius 1 is 1.00 bits per heavy atom. The number of primary amides is 1. The first-order valence-electron chi connectivity index (χ1n) is 8.54. The van der Waals surface area contributed by atoms with Gasteiger partial charge in [0.25, 0.3) is 5.19 Å². The molecule has 0 bridgehead atoms. The topological polar surface area (TPSA) is 74.4 Å². The summed E-state index contributed by atoms with van der Waals surface area (Å²) in [7, 11) is 0. The van der Waals surface area contributed by atoms with E-state index in [1.165, 1.54) is 11.3 Å². The Bertz CT molecular complexity index is 1180. The summed E-state index contributed by atoms with van der Waals surface area (Å²) in [6.07, 6.45) is -0.919. The summed E-state index contributed by atoms with van der Waals surface area (Å²) >= 11 is 13.7. The van der Waals surface area contributed by atoms with Crippen molar-refractivity contribution < 1.29 is 14.3 Å². The van der Waals surface area contributed by atoms with Crippen molar-refractivity contribution in [1.29, 1.82) is 0 Å². The van der Waals surface area contributed by atoms with Crippen molar-refractivity contribution in [1.82, 2.24) is 4.98 Å². The van der Waals surface area contributed by atoms with Gasteiger partial charge in [0.2, 0.25) is 0 Å². The number of fused-ring (bicyclic) bond motifs is 1. The minimum Gasteiger partial charge on any atom is -0.486 e. The van der Waals surface area contributed by atoms with Gasteiger partial charge >= 0.3 is 6.09 Å². The van der Waals surface area contributed by atoms with E-state index in [2.05, 4.69) is 4.98 Å². The Kier molecular flexibility index (Phi) is 5.58. The number of carbonyl (C=O) groups is 1. The molecule has 8 heteroatoms. The Morgan fingerprint density at radius 2 is 1.72 bits per heavy atom. The molecule has 0 aliphatic rings. The summed E-state index contributed by atoms with van der Waals surface area (Å²) in [5.74, 6) is 0.521. The zero-order valence-electron chi connectivity index (χ0n) is 14.9. The predicted molar refractivity (Wildman–Crippen MR) is 116 cm³/mol. The highest BCUT2D eigenvalue weighted by molar-refractivity contribution is 7.20. The van der Waals surface area contributed by atoms with E-state index in [1.807, 2.05) is 42.5 Å². The second-order valence-corrected chi connectivity index (χ2v) is 7.88. The molecule has 1 heterocycles. The number of thiazole rings is 1. The van der Waals surface area contributed by atoms with E-state index in [9.17, 15) is 4.79 Å². The molecule has 146 valence electrons. The molecule has 0 atom stereocenters. The number of ether oxygens (including phenoxy) is 2. The number of nitrogens with zero attached hydrogens (tertiary/aromatic N) is 1. The van der Waals surface area contributed by atoms with Crippen LogP contribution in [0.5, 0.6) is 10.9 Å². The maximum absolute atomic E-state index is 11.1. The number of halogens is 2. The number of carbonyl (C=O) groups excluding carboxylic acids is 1. The Labute approximate surface area is 180 Å².